The van der Waals surface area contributed by atoms with Gasteiger partial charge in [0.15, 0.2) is 0 Å². The topological polar surface area (TPSA) is 101 Å². The van der Waals surface area contributed by atoms with E-state index in [0.717, 1.165) is 12.1 Å². The molecule has 20 heavy (non-hydrogen) atoms. The molecule has 0 amide bonds. The van der Waals surface area contributed by atoms with Crippen LogP contribution in [0.3, 0.4) is 0 Å². The van der Waals surface area contributed by atoms with Gasteiger partial charge in [0.25, 0.3) is 5.69 Å². The van der Waals surface area contributed by atoms with Gasteiger partial charge in [-0.1, -0.05) is 0 Å². The van der Waals surface area contributed by atoms with E-state index < -0.39 is 10.9 Å². The van der Waals surface area contributed by atoms with Crippen LogP contribution >= 0.6 is 0 Å². The van der Waals surface area contributed by atoms with Crippen molar-refractivity contribution >= 4 is 11.7 Å². The Kier molecular flexibility index (Phi) is 4.34. The molecule has 2 aliphatic carbocycles. The number of nitro groups is 1. The molecule has 0 spiro atoms. The molecular weight excluding hydrogens is 262 g/mol. The van der Waals surface area contributed by atoms with E-state index >= 15 is 0 Å². The minimum absolute atomic E-state index is 0.0422. The van der Waals surface area contributed by atoms with Crippen LogP contribution in [0.2, 0.25) is 0 Å². The van der Waals surface area contributed by atoms with E-state index in [9.17, 15) is 20.0 Å². The van der Waals surface area contributed by atoms with Crippen molar-refractivity contribution in [1.29, 1.82) is 0 Å². The van der Waals surface area contributed by atoms with Gasteiger partial charge in [-0.25, -0.2) is 4.79 Å². The molecule has 108 valence electrons. The second kappa shape index (κ2) is 6.00. The van der Waals surface area contributed by atoms with Crippen LogP contribution in [-0.4, -0.2) is 27.2 Å². The first kappa shape index (κ1) is 14.5. The van der Waals surface area contributed by atoms with Crippen LogP contribution in [0.5, 0.6) is 0 Å². The lowest BCUT2D eigenvalue weighted by Gasteiger charge is -2.04. The standard InChI is InChI=1S/C7H5NO4.C7H12O/c9-7(10)5-1-3-6(4-2-5)8(11)12;8-7-5-1-2-6(7)4-3-5/h1-4H,(H,9,10);5-8H,1-4H2. The lowest BCUT2D eigenvalue weighted by molar-refractivity contribution is -0.384. The summed E-state index contributed by atoms with van der Waals surface area (Å²) in [6.07, 6.45) is 5.28. The summed E-state index contributed by atoms with van der Waals surface area (Å²) in [5.74, 6) is 0.296. The van der Waals surface area contributed by atoms with Crippen molar-refractivity contribution in [2.45, 2.75) is 31.8 Å². The Bertz CT molecular complexity index is 446. The number of aliphatic hydroxyl groups excluding tert-OH is 1. The predicted molar refractivity (Wildman–Crippen MR) is 71.5 cm³/mol. The monoisotopic (exact) mass is 279 g/mol. The number of nitrogens with zero attached hydrogens (tertiary/aromatic N) is 1. The van der Waals surface area contributed by atoms with Crippen molar-refractivity contribution in [3.63, 3.8) is 0 Å². The van der Waals surface area contributed by atoms with Crippen molar-refractivity contribution in [3.8, 4) is 0 Å². The van der Waals surface area contributed by atoms with Gasteiger partial charge < -0.3 is 10.2 Å². The third-order valence-corrected chi connectivity index (χ3v) is 4.11. The van der Waals surface area contributed by atoms with Crippen LogP contribution in [0.4, 0.5) is 5.69 Å². The lowest BCUT2D eigenvalue weighted by atomic mass is 10.0. The summed E-state index contributed by atoms with van der Waals surface area (Å²) in [7, 11) is 0. The van der Waals surface area contributed by atoms with E-state index in [1.165, 1.54) is 37.8 Å². The fourth-order valence-electron chi connectivity index (χ4n) is 2.94. The molecule has 2 N–H and O–H groups in total. The highest BCUT2D eigenvalue weighted by Crippen LogP contribution is 2.44. The normalized spacial score (nSPS) is 26.8. The number of carbonyl (C=O) groups is 1. The number of non-ortho nitro benzene ring substituents is 1. The molecule has 1 aromatic rings. The molecule has 2 aliphatic rings. The summed E-state index contributed by atoms with van der Waals surface area (Å²) in [5.41, 5.74) is -0.0689. The van der Waals surface area contributed by atoms with Gasteiger partial charge in [0.1, 0.15) is 0 Å². The number of rotatable bonds is 2. The van der Waals surface area contributed by atoms with Gasteiger partial charge in [-0.3, -0.25) is 10.1 Å². The smallest absolute Gasteiger partial charge is 0.335 e. The van der Waals surface area contributed by atoms with E-state index in [-0.39, 0.29) is 17.4 Å². The van der Waals surface area contributed by atoms with E-state index in [2.05, 4.69) is 0 Å². The molecule has 2 fully saturated rings. The summed E-state index contributed by atoms with van der Waals surface area (Å²) < 4.78 is 0. The van der Waals surface area contributed by atoms with Crippen molar-refractivity contribution in [2.75, 3.05) is 0 Å². The fourth-order valence-corrected chi connectivity index (χ4v) is 2.94. The average molecular weight is 279 g/mol. The van der Waals surface area contributed by atoms with Crippen LogP contribution in [0.25, 0.3) is 0 Å². The van der Waals surface area contributed by atoms with Gasteiger partial charge in [-0.15, -0.1) is 0 Å². The zero-order chi connectivity index (χ0) is 14.7. The molecule has 1 aromatic carbocycles. The SMILES string of the molecule is O=C(O)c1ccc([N+](=O)[O-])cc1.OC1C2CCC1CC2. The Morgan fingerprint density at radius 3 is 1.80 bits per heavy atom. The van der Waals surface area contributed by atoms with Crippen LogP contribution in [0, 0.1) is 22.0 Å². The van der Waals surface area contributed by atoms with Crippen LogP contribution < -0.4 is 0 Å². The molecule has 6 heteroatoms. The second-order valence-corrected chi connectivity index (χ2v) is 5.27. The maximum atomic E-state index is 10.3. The maximum Gasteiger partial charge on any atom is 0.335 e. The van der Waals surface area contributed by atoms with E-state index in [4.69, 9.17) is 5.11 Å². The van der Waals surface area contributed by atoms with Crippen LogP contribution in [0.1, 0.15) is 36.0 Å². The summed E-state index contributed by atoms with van der Waals surface area (Å²) >= 11 is 0. The Hall–Kier alpha value is -1.95. The van der Waals surface area contributed by atoms with Gasteiger partial charge >= 0.3 is 5.97 Å². The first-order valence-corrected chi connectivity index (χ1v) is 6.65. The number of aliphatic hydroxyl groups is 1. The highest BCUT2D eigenvalue weighted by molar-refractivity contribution is 5.87. The lowest BCUT2D eigenvalue weighted by Crippen LogP contribution is -2.10. The second-order valence-electron chi connectivity index (χ2n) is 5.27. The van der Waals surface area contributed by atoms with Crippen molar-refractivity contribution < 1.29 is 19.9 Å². The minimum atomic E-state index is -1.09. The molecule has 3 rings (SSSR count). The molecule has 6 nitrogen and oxygen atoms in total. The molecule has 2 bridgehead atoms. The number of benzene rings is 1. The third kappa shape index (κ3) is 3.14. The van der Waals surface area contributed by atoms with Gasteiger partial charge in [-0.2, -0.15) is 0 Å². The first-order chi connectivity index (χ1) is 9.49. The molecule has 2 saturated carbocycles. The number of nitro benzene ring substituents is 1. The molecule has 0 aliphatic heterocycles. The molecule has 0 saturated heterocycles. The number of carboxylic acid groups (broad SMARTS) is 1. The van der Waals surface area contributed by atoms with Gasteiger partial charge in [0.2, 0.25) is 0 Å². The largest absolute Gasteiger partial charge is 0.478 e. The quantitative estimate of drug-likeness (QED) is 0.639. The molecule has 0 radical (unpaired) electrons. The Morgan fingerprint density at radius 1 is 1.10 bits per heavy atom. The minimum Gasteiger partial charge on any atom is -0.478 e. The summed E-state index contributed by atoms with van der Waals surface area (Å²) in [5, 5.41) is 27.9. The van der Waals surface area contributed by atoms with Gasteiger partial charge in [-0.05, 0) is 49.7 Å². The Labute approximate surface area is 116 Å². The fraction of sp³-hybridized carbons (Fsp3) is 0.500. The number of hydrogen-bond acceptors (Lipinski definition) is 4. The highest BCUT2D eigenvalue weighted by atomic mass is 16.6. The van der Waals surface area contributed by atoms with Crippen molar-refractivity contribution in [2.24, 2.45) is 11.8 Å². The maximum absolute atomic E-state index is 10.3. The number of fused-ring (bicyclic) bond motifs is 2. The average Bonchev–Trinajstić information content (AvgIpc) is 2.97. The number of hydrogen-bond donors (Lipinski definition) is 2. The molecule has 0 heterocycles. The number of carboxylic acids is 1. The van der Waals surface area contributed by atoms with E-state index in [0.29, 0.717) is 11.8 Å². The molecule has 0 atom stereocenters. The first-order valence-electron chi connectivity index (χ1n) is 6.65. The van der Waals surface area contributed by atoms with Crippen LogP contribution in [0.15, 0.2) is 24.3 Å². The molecule has 0 unspecified atom stereocenters. The van der Waals surface area contributed by atoms with E-state index in [1.807, 2.05) is 0 Å². The van der Waals surface area contributed by atoms with Crippen molar-refractivity contribution in [1.82, 2.24) is 0 Å². The van der Waals surface area contributed by atoms with Gasteiger partial charge in [0.05, 0.1) is 16.6 Å². The summed E-state index contributed by atoms with van der Waals surface area (Å²) in [6.45, 7) is 0. The Balaban J connectivity index is 0.000000157. The zero-order valence-corrected chi connectivity index (χ0v) is 10.9. The van der Waals surface area contributed by atoms with Gasteiger partial charge in [0, 0.05) is 12.1 Å². The predicted octanol–water partition coefficient (Wildman–Crippen LogP) is 2.46. The zero-order valence-electron chi connectivity index (χ0n) is 10.9. The summed E-state index contributed by atoms with van der Waals surface area (Å²) in [4.78, 5) is 19.9. The van der Waals surface area contributed by atoms with E-state index in [1.54, 1.807) is 0 Å². The highest BCUT2D eigenvalue weighted by Gasteiger charge is 2.39. The molecule has 0 aromatic heterocycles. The summed E-state index contributed by atoms with van der Waals surface area (Å²) in [6, 6.07) is 4.70. The molecular formula is C14H17NO5. The Morgan fingerprint density at radius 2 is 1.55 bits per heavy atom. The van der Waals surface area contributed by atoms with Crippen LogP contribution in [-0.2, 0) is 0 Å². The third-order valence-electron chi connectivity index (χ3n) is 4.11. The van der Waals surface area contributed by atoms with Crippen molar-refractivity contribution in [3.05, 3.63) is 39.9 Å². The number of aromatic carboxylic acids is 1.